The van der Waals surface area contributed by atoms with Crippen molar-refractivity contribution in [2.75, 3.05) is 16.8 Å². The molecule has 1 aromatic heterocycles. The number of carbonyl (C=O) groups excluding carboxylic acids is 2. The van der Waals surface area contributed by atoms with Gasteiger partial charge in [-0.15, -0.1) is 0 Å². The Morgan fingerprint density at radius 1 is 0.848 bits per heavy atom. The van der Waals surface area contributed by atoms with Crippen LogP contribution >= 0.6 is 0 Å². The van der Waals surface area contributed by atoms with E-state index in [0.29, 0.717) is 29.0 Å². The van der Waals surface area contributed by atoms with Gasteiger partial charge in [0.1, 0.15) is 12.7 Å². The largest absolute Gasteiger partial charge is 0.322 e. The van der Waals surface area contributed by atoms with Crippen molar-refractivity contribution in [2.45, 2.75) is 19.3 Å². The third-order valence-electron chi connectivity index (χ3n) is 5.81. The Morgan fingerprint density at radius 2 is 1.61 bits per heavy atom. The van der Waals surface area contributed by atoms with Crippen molar-refractivity contribution in [2.24, 2.45) is 0 Å². The minimum atomic E-state index is -0.262. The van der Waals surface area contributed by atoms with E-state index in [-0.39, 0.29) is 11.8 Å². The number of nitrogens with zero attached hydrogens (tertiary/aromatic N) is 4. The first-order valence-electron chi connectivity index (χ1n) is 11.0. The van der Waals surface area contributed by atoms with E-state index >= 15 is 0 Å². The Bertz CT molecular complexity index is 1280. The normalized spacial score (nSPS) is 13.2. The number of hydrogen-bond acceptors (Lipinski definition) is 4. The van der Waals surface area contributed by atoms with Gasteiger partial charge in [-0.25, -0.2) is 9.67 Å². The number of benzene rings is 3. The zero-order chi connectivity index (χ0) is 22.6. The predicted molar refractivity (Wildman–Crippen MR) is 127 cm³/mol. The number of para-hydroxylation sites is 2. The van der Waals surface area contributed by atoms with Crippen LogP contribution in [0.15, 0.2) is 85.5 Å². The molecule has 164 valence electrons. The topological polar surface area (TPSA) is 80.1 Å². The van der Waals surface area contributed by atoms with Gasteiger partial charge < -0.3 is 10.2 Å². The van der Waals surface area contributed by atoms with Crippen LogP contribution in [-0.2, 0) is 6.42 Å². The number of anilines is 2. The number of carbonyl (C=O) groups is 2. The van der Waals surface area contributed by atoms with Crippen molar-refractivity contribution in [1.82, 2.24) is 14.8 Å². The average molecular weight is 438 g/mol. The SMILES string of the molecule is O=C(Nc1ccc(C(=O)N2CCCCc3ccccc32)cc1)c1ccccc1-n1cncn1. The number of rotatable bonds is 4. The Kier molecular flexibility index (Phi) is 5.68. The highest BCUT2D eigenvalue weighted by molar-refractivity contribution is 6.08. The Morgan fingerprint density at radius 3 is 2.39 bits per heavy atom. The van der Waals surface area contributed by atoms with Crippen molar-refractivity contribution in [3.63, 3.8) is 0 Å². The molecule has 0 radical (unpaired) electrons. The lowest BCUT2D eigenvalue weighted by atomic mass is 10.1. The molecular weight excluding hydrogens is 414 g/mol. The van der Waals surface area contributed by atoms with Crippen LogP contribution in [-0.4, -0.2) is 33.1 Å². The lowest BCUT2D eigenvalue weighted by Crippen LogP contribution is -2.31. The molecule has 0 atom stereocenters. The molecular formula is C26H23N5O2. The maximum Gasteiger partial charge on any atom is 0.258 e. The van der Waals surface area contributed by atoms with E-state index in [1.54, 1.807) is 47.4 Å². The Hall–Kier alpha value is -4.26. The first kappa shape index (κ1) is 20.6. The molecule has 1 aliphatic rings. The van der Waals surface area contributed by atoms with E-state index in [9.17, 15) is 9.59 Å². The highest BCUT2D eigenvalue weighted by Gasteiger charge is 2.22. The molecule has 33 heavy (non-hydrogen) atoms. The summed E-state index contributed by atoms with van der Waals surface area (Å²) >= 11 is 0. The number of fused-ring (bicyclic) bond motifs is 1. The summed E-state index contributed by atoms with van der Waals surface area (Å²) in [6.45, 7) is 0.702. The van der Waals surface area contributed by atoms with E-state index in [2.05, 4.69) is 21.5 Å². The summed E-state index contributed by atoms with van der Waals surface area (Å²) < 4.78 is 1.55. The van der Waals surface area contributed by atoms with Crippen LogP contribution in [0.3, 0.4) is 0 Å². The summed E-state index contributed by atoms with van der Waals surface area (Å²) in [6, 6.07) is 22.3. The highest BCUT2D eigenvalue weighted by Crippen LogP contribution is 2.28. The number of hydrogen-bond donors (Lipinski definition) is 1. The first-order chi connectivity index (χ1) is 16.2. The number of aryl methyl sites for hydroxylation is 1. The van der Waals surface area contributed by atoms with E-state index in [1.165, 1.54) is 11.9 Å². The van der Waals surface area contributed by atoms with E-state index < -0.39 is 0 Å². The molecule has 0 saturated carbocycles. The molecule has 0 bridgehead atoms. The molecule has 3 aromatic carbocycles. The Labute approximate surface area is 191 Å². The van der Waals surface area contributed by atoms with Gasteiger partial charge in [-0.2, -0.15) is 5.10 Å². The summed E-state index contributed by atoms with van der Waals surface area (Å²) in [7, 11) is 0. The monoisotopic (exact) mass is 437 g/mol. The molecule has 4 aromatic rings. The van der Waals surface area contributed by atoms with Crippen LogP contribution in [0.2, 0.25) is 0 Å². The van der Waals surface area contributed by atoms with E-state index in [1.807, 2.05) is 35.2 Å². The quantitative estimate of drug-likeness (QED) is 0.510. The van der Waals surface area contributed by atoms with Gasteiger partial charge in [0.15, 0.2) is 0 Å². The van der Waals surface area contributed by atoms with E-state index in [0.717, 1.165) is 24.9 Å². The Balaban J connectivity index is 1.34. The molecule has 0 aliphatic carbocycles. The number of amides is 2. The molecule has 1 N–H and O–H groups in total. The van der Waals surface area contributed by atoms with Gasteiger partial charge in [0.05, 0.1) is 11.3 Å². The molecule has 0 unspecified atom stereocenters. The van der Waals surface area contributed by atoms with Crippen LogP contribution in [0.4, 0.5) is 11.4 Å². The van der Waals surface area contributed by atoms with Crippen molar-refractivity contribution < 1.29 is 9.59 Å². The van der Waals surface area contributed by atoms with Crippen molar-refractivity contribution in [3.05, 3.63) is 102 Å². The molecule has 0 fully saturated rings. The van der Waals surface area contributed by atoms with Crippen LogP contribution in [0.5, 0.6) is 0 Å². The number of nitrogens with one attached hydrogen (secondary N) is 1. The standard InChI is InChI=1S/C26H23N5O2/c32-25(22-9-2-4-11-24(22)31-18-27-17-28-31)29-21-14-12-20(13-15-21)26(33)30-16-6-5-8-19-7-1-3-10-23(19)30/h1-4,7,9-15,17-18H,5-6,8,16H2,(H,29,32). The highest BCUT2D eigenvalue weighted by atomic mass is 16.2. The van der Waals surface area contributed by atoms with Gasteiger partial charge in [-0.1, -0.05) is 30.3 Å². The lowest BCUT2D eigenvalue weighted by molar-refractivity contribution is 0.0985. The van der Waals surface area contributed by atoms with Crippen molar-refractivity contribution >= 4 is 23.2 Å². The third-order valence-corrected chi connectivity index (χ3v) is 5.81. The van der Waals surface area contributed by atoms with Gasteiger partial charge in [0, 0.05) is 23.5 Å². The molecule has 7 heteroatoms. The maximum atomic E-state index is 13.3. The summed E-state index contributed by atoms with van der Waals surface area (Å²) in [5.41, 5.74) is 4.51. The summed E-state index contributed by atoms with van der Waals surface area (Å²) in [4.78, 5) is 32.0. The fraction of sp³-hybridized carbons (Fsp3) is 0.154. The van der Waals surface area contributed by atoms with Gasteiger partial charge in [-0.3, -0.25) is 9.59 Å². The van der Waals surface area contributed by atoms with Crippen molar-refractivity contribution in [1.29, 1.82) is 0 Å². The fourth-order valence-electron chi connectivity index (χ4n) is 4.15. The van der Waals surface area contributed by atoms with Crippen LogP contribution < -0.4 is 10.2 Å². The van der Waals surface area contributed by atoms with Gasteiger partial charge in [-0.05, 0) is 67.3 Å². The molecule has 0 spiro atoms. The molecule has 7 nitrogen and oxygen atoms in total. The zero-order valence-electron chi connectivity index (χ0n) is 18.0. The molecule has 2 amide bonds. The van der Waals surface area contributed by atoms with E-state index in [4.69, 9.17) is 0 Å². The first-order valence-corrected chi connectivity index (χ1v) is 11.0. The second-order valence-electron chi connectivity index (χ2n) is 7.93. The summed E-state index contributed by atoms with van der Waals surface area (Å²) in [6.07, 6.45) is 6.00. The lowest BCUT2D eigenvalue weighted by Gasteiger charge is -2.23. The molecule has 1 aliphatic heterocycles. The van der Waals surface area contributed by atoms with Crippen LogP contribution in [0.1, 0.15) is 39.1 Å². The summed E-state index contributed by atoms with van der Waals surface area (Å²) in [5, 5.41) is 7.02. The van der Waals surface area contributed by atoms with Crippen LogP contribution in [0, 0.1) is 0 Å². The number of aromatic nitrogens is 3. The second kappa shape index (κ2) is 9.08. The molecule has 0 saturated heterocycles. The average Bonchev–Trinajstić information content (AvgIpc) is 3.31. The fourth-order valence-corrected chi connectivity index (χ4v) is 4.15. The summed E-state index contributed by atoms with van der Waals surface area (Å²) in [5.74, 6) is -0.291. The van der Waals surface area contributed by atoms with Crippen LogP contribution in [0.25, 0.3) is 5.69 Å². The third kappa shape index (κ3) is 4.25. The maximum absolute atomic E-state index is 13.3. The minimum Gasteiger partial charge on any atom is -0.322 e. The smallest absolute Gasteiger partial charge is 0.258 e. The molecule has 5 rings (SSSR count). The zero-order valence-corrected chi connectivity index (χ0v) is 18.0. The second-order valence-corrected chi connectivity index (χ2v) is 7.93. The van der Waals surface area contributed by atoms with Crippen molar-refractivity contribution in [3.8, 4) is 5.69 Å². The van der Waals surface area contributed by atoms with Gasteiger partial charge in [0.2, 0.25) is 0 Å². The predicted octanol–water partition coefficient (Wildman–Crippen LogP) is 4.50. The molecule has 2 heterocycles. The minimum absolute atomic E-state index is 0.0289. The van der Waals surface area contributed by atoms with Gasteiger partial charge in [0.25, 0.3) is 11.8 Å². The van der Waals surface area contributed by atoms with Gasteiger partial charge >= 0.3 is 0 Å².